The van der Waals surface area contributed by atoms with Crippen LogP contribution < -0.4 is 20.1 Å². The first kappa shape index (κ1) is 18.8. The fourth-order valence-electron chi connectivity index (χ4n) is 3.60. The van der Waals surface area contributed by atoms with E-state index in [0.29, 0.717) is 34.3 Å². The first-order valence-corrected chi connectivity index (χ1v) is 9.71. The van der Waals surface area contributed by atoms with Gasteiger partial charge in [0.05, 0.1) is 12.8 Å². The molecule has 0 fully saturated rings. The molecule has 2 aromatic carbocycles. The van der Waals surface area contributed by atoms with Crippen LogP contribution in [0.15, 0.2) is 54.9 Å². The third kappa shape index (κ3) is 3.38. The van der Waals surface area contributed by atoms with Crippen LogP contribution in [-0.2, 0) is 4.79 Å². The van der Waals surface area contributed by atoms with Crippen molar-refractivity contribution in [1.29, 1.82) is 0 Å². The molecule has 1 aliphatic heterocycles. The number of benzene rings is 2. The van der Waals surface area contributed by atoms with Gasteiger partial charge < -0.3 is 20.1 Å². The van der Waals surface area contributed by atoms with E-state index in [2.05, 4.69) is 20.6 Å². The molecule has 0 saturated heterocycles. The normalized spacial score (nSPS) is 12.6. The highest BCUT2D eigenvalue weighted by Crippen LogP contribution is 2.38. The smallest absolute Gasteiger partial charge is 0.262 e. The van der Waals surface area contributed by atoms with Crippen molar-refractivity contribution < 1.29 is 14.3 Å². The van der Waals surface area contributed by atoms with Crippen molar-refractivity contribution in [2.45, 2.75) is 0 Å². The van der Waals surface area contributed by atoms with E-state index in [1.807, 2.05) is 49.5 Å². The van der Waals surface area contributed by atoms with Crippen LogP contribution in [0.25, 0.3) is 33.4 Å². The number of amides is 1. The molecule has 0 atom stereocenters. The molecule has 2 N–H and O–H groups in total. The summed E-state index contributed by atoms with van der Waals surface area (Å²) in [5.41, 5.74) is 3.96. The number of methoxy groups -OCH3 is 1. The lowest BCUT2D eigenvalue weighted by Gasteiger charge is -2.19. The third-order valence-electron chi connectivity index (χ3n) is 5.09. The molecule has 0 radical (unpaired) electrons. The van der Waals surface area contributed by atoms with Gasteiger partial charge in [0.2, 0.25) is 0 Å². The van der Waals surface area contributed by atoms with Crippen LogP contribution in [0.3, 0.4) is 0 Å². The van der Waals surface area contributed by atoms with Crippen molar-refractivity contribution in [3.63, 3.8) is 0 Å². The average Bonchev–Trinajstić information content (AvgIpc) is 2.82. The van der Waals surface area contributed by atoms with E-state index < -0.39 is 0 Å². The minimum Gasteiger partial charge on any atom is -0.494 e. The van der Waals surface area contributed by atoms with Crippen LogP contribution in [0.4, 0.5) is 11.5 Å². The number of nitrogens with zero attached hydrogens (tertiary/aromatic N) is 3. The Labute approximate surface area is 178 Å². The second kappa shape index (κ2) is 7.56. The number of hydrogen-bond acceptors (Lipinski definition) is 7. The molecule has 8 heteroatoms. The molecular formula is C23H19N5O3. The maximum atomic E-state index is 11.7. The molecule has 1 amide bonds. The van der Waals surface area contributed by atoms with Crippen molar-refractivity contribution >= 4 is 28.3 Å². The summed E-state index contributed by atoms with van der Waals surface area (Å²) in [4.78, 5) is 25.3. The van der Waals surface area contributed by atoms with Crippen molar-refractivity contribution in [3.8, 4) is 34.0 Å². The highest BCUT2D eigenvalue weighted by Gasteiger charge is 2.18. The molecule has 2 aromatic heterocycles. The van der Waals surface area contributed by atoms with Gasteiger partial charge in [-0.3, -0.25) is 9.78 Å². The van der Waals surface area contributed by atoms with Gasteiger partial charge in [-0.15, -0.1) is 0 Å². The maximum Gasteiger partial charge on any atom is 0.262 e. The summed E-state index contributed by atoms with van der Waals surface area (Å²) in [7, 11) is 3.43. The number of ether oxygens (including phenoxy) is 2. The molecule has 1 aliphatic rings. The number of fused-ring (bicyclic) bond motifs is 2. The van der Waals surface area contributed by atoms with Crippen molar-refractivity contribution in [1.82, 2.24) is 15.0 Å². The Bertz CT molecular complexity index is 1310. The summed E-state index contributed by atoms with van der Waals surface area (Å²) >= 11 is 0. The number of nitrogens with one attached hydrogen (secondary N) is 2. The zero-order valence-electron chi connectivity index (χ0n) is 17.0. The van der Waals surface area contributed by atoms with Crippen LogP contribution in [0.2, 0.25) is 0 Å². The first-order valence-electron chi connectivity index (χ1n) is 9.71. The molecule has 8 nitrogen and oxygen atoms in total. The molecule has 31 heavy (non-hydrogen) atoms. The Hall–Kier alpha value is -4.20. The molecule has 3 heterocycles. The van der Waals surface area contributed by atoms with E-state index >= 15 is 0 Å². The highest BCUT2D eigenvalue weighted by molar-refractivity contribution is 5.99. The SMILES string of the molecule is CNc1nc(-c2cccnc2)nc2c(OC)cc(-c3ccc4c(c3)NC(=O)CO4)cc12. The summed E-state index contributed by atoms with van der Waals surface area (Å²) in [5, 5.41) is 6.83. The number of pyridine rings is 1. The van der Waals surface area contributed by atoms with Gasteiger partial charge in [0.25, 0.3) is 5.91 Å². The lowest BCUT2D eigenvalue weighted by Crippen LogP contribution is -2.25. The summed E-state index contributed by atoms with van der Waals surface area (Å²) < 4.78 is 11.1. The monoisotopic (exact) mass is 413 g/mol. The third-order valence-corrected chi connectivity index (χ3v) is 5.09. The number of aromatic nitrogens is 3. The number of carbonyl (C=O) groups excluding carboxylic acids is 1. The Balaban J connectivity index is 1.68. The van der Waals surface area contributed by atoms with Crippen LogP contribution in [0.1, 0.15) is 0 Å². The lowest BCUT2D eigenvalue weighted by atomic mass is 10.0. The van der Waals surface area contributed by atoms with Crippen LogP contribution >= 0.6 is 0 Å². The van der Waals surface area contributed by atoms with E-state index in [1.54, 1.807) is 19.5 Å². The molecule has 4 aromatic rings. The van der Waals surface area contributed by atoms with Gasteiger partial charge in [-0.1, -0.05) is 6.07 Å². The predicted octanol–water partition coefficient (Wildman–Crippen LogP) is 3.74. The second-order valence-electron chi connectivity index (χ2n) is 7.01. The lowest BCUT2D eigenvalue weighted by molar-refractivity contribution is -0.118. The number of rotatable bonds is 4. The Kier molecular flexibility index (Phi) is 4.59. The number of carbonyl (C=O) groups is 1. The van der Waals surface area contributed by atoms with Gasteiger partial charge in [-0.2, -0.15) is 0 Å². The van der Waals surface area contributed by atoms with Crippen molar-refractivity contribution in [2.24, 2.45) is 0 Å². The molecule has 0 aliphatic carbocycles. The average molecular weight is 413 g/mol. The van der Waals surface area contributed by atoms with Crippen LogP contribution in [0, 0.1) is 0 Å². The number of anilines is 2. The van der Waals surface area contributed by atoms with Gasteiger partial charge in [0.15, 0.2) is 12.4 Å². The standard InChI is InChI=1S/C23H19N5O3/c1-24-23-16-8-15(13-5-6-18-17(9-13)26-20(29)12-31-18)10-19(30-2)21(16)27-22(28-23)14-4-3-7-25-11-14/h3-11H,12H2,1-2H3,(H,26,29)(H,24,27,28). The van der Waals surface area contributed by atoms with E-state index in [0.717, 1.165) is 22.1 Å². The zero-order chi connectivity index (χ0) is 21.4. The van der Waals surface area contributed by atoms with Gasteiger partial charge in [-0.25, -0.2) is 9.97 Å². The first-order chi connectivity index (χ1) is 15.2. The summed E-state index contributed by atoms with van der Waals surface area (Å²) in [5.74, 6) is 2.34. The second-order valence-corrected chi connectivity index (χ2v) is 7.01. The Morgan fingerprint density at radius 3 is 2.77 bits per heavy atom. The van der Waals surface area contributed by atoms with Gasteiger partial charge in [0, 0.05) is 30.4 Å². The van der Waals surface area contributed by atoms with Crippen molar-refractivity contribution in [2.75, 3.05) is 31.4 Å². The van der Waals surface area contributed by atoms with E-state index in [-0.39, 0.29) is 12.5 Å². The molecule has 5 rings (SSSR count). The number of hydrogen-bond donors (Lipinski definition) is 2. The van der Waals surface area contributed by atoms with Gasteiger partial charge >= 0.3 is 0 Å². The molecular weight excluding hydrogens is 394 g/mol. The largest absolute Gasteiger partial charge is 0.494 e. The Morgan fingerprint density at radius 1 is 1.10 bits per heavy atom. The summed E-state index contributed by atoms with van der Waals surface area (Å²) in [6, 6.07) is 13.4. The minimum absolute atomic E-state index is 0.0261. The molecule has 0 unspecified atom stereocenters. The van der Waals surface area contributed by atoms with Gasteiger partial charge in [0.1, 0.15) is 22.8 Å². The summed E-state index contributed by atoms with van der Waals surface area (Å²) in [6.45, 7) is 0.0261. The molecule has 0 bridgehead atoms. The van der Waals surface area contributed by atoms with Crippen LogP contribution in [0.5, 0.6) is 11.5 Å². The topological polar surface area (TPSA) is 98.3 Å². The zero-order valence-corrected chi connectivity index (χ0v) is 17.0. The quantitative estimate of drug-likeness (QED) is 0.526. The van der Waals surface area contributed by atoms with Crippen molar-refractivity contribution in [3.05, 3.63) is 54.9 Å². The minimum atomic E-state index is -0.172. The van der Waals surface area contributed by atoms with Crippen LogP contribution in [-0.4, -0.2) is 41.6 Å². The predicted molar refractivity (Wildman–Crippen MR) is 118 cm³/mol. The fourth-order valence-corrected chi connectivity index (χ4v) is 3.60. The Morgan fingerprint density at radius 2 is 2.00 bits per heavy atom. The maximum absolute atomic E-state index is 11.7. The van der Waals surface area contributed by atoms with E-state index in [9.17, 15) is 4.79 Å². The van der Waals surface area contributed by atoms with Gasteiger partial charge in [-0.05, 0) is 47.5 Å². The molecule has 0 saturated carbocycles. The molecule has 0 spiro atoms. The fraction of sp³-hybridized carbons (Fsp3) is 0.130. The molecule has 154 valence electrons. The van der Waals surface area contributed by atoms with E-state index in [1.165, 1.54) is 0 Å². The van der Waals surface area contributed by atoms with E-state index in [4.69, 9.17) is 14.5 Å². The highest BCUT2D eigenvalue weighted by atomic mass is 16.5. The summed E-state index contributed by atoms with van der Waals surface area (Å²) in [6.07, 6.45) is 3.44.